The van der Waals surface area contributed by atoms with Crippen LogP contribution in [0.15, 0.2) is 132 Å². The third-order valence-electron chi connectivity index (χ3n) is 9.52. The van der Waals surface area contributed by atoms with E-state index in [0.717, 1.165) is 32.5 Å². The number of carboxylic acids is 2. The Labute approximate surface area is 310 Å². The minimum Gasteiger partial charge on any atom is -0.480 e. The maximum Gasteiger partial charge on any atom is 0.416 e. The predicted molar refractivity (Wildman–Crippen MR) is 195 cm³/mol. The normalized spacial score (nSPS) is 15.4. The molecule has 1 heterocycles. The monoisotopic (exact) mass is 756 g/mol. The molecular formula is C41H35F3N2O7S. The first kappa shape index (κ1) is 38.0. The Balaban J connectivity index is 1.33. The Morgan fingerprint density at radius 3 is 1.85 bits per heavy atom. The van der Waals surface area contributed by atoms with Crippen molar-refractivity contribution in [2.45, 2.75) is 42.4 Å². The van der Waals surface area contributed by atoms with Gasteiger partial charge in [0.1, 0.15) is 6.04 Å². The number of aromatic carboxylic acids is 1. The highest BCUT2D eigenvalue weighted by molar-refractivity contribution is 7.89. The molecule has 1 saturated heterocycles. The lowest BCUT2D eigenvalue weighted by Crippen LogP contribution is -2.52. The van der Waals surface area contributed by atoms with E-state index in [0.29, 0.717) is 23.1 Å². The van der Waals surface area contributed by atoms with Gasteiger partial charge in [-0.3, -0.25) is 4.79 Å². The van der Waals surface area contributed by atoms with Gasteiger partial charge in [0, 0.05) is 31.1 Å². The molecule has 2 atom stereocenters. The Morgan fingerprint density at radius 2 is 1.28 bits per heavy atom. The molecule has 13 heteroatoms. The van der Waals surface area contributed by atoms with Crippen LogP contribution in [0.3, 0.4) is 0 Å². The SMILES string of the molecule is O=C(O)c1ccccc1S(=O)(=O)N1CCC[C@H]1CN(C(=O)c1ccc(-c2ccc(C(F)(F)F)cc2)cc1)C(Cc1ccc(-c2ccccc2)cc1)C(=O)O. The third-order valence-corrected chi connectivity index (χ3v) is 11.5. The molecule has 0 radical (unpaired) electrons. The highest BCUT2D eigenvalue weighted by Gasteiger charge is 2.41. The van der Waals surface area contributed by atoms with Gasteiger partial charge in [-0.1, -0.05) is 91.0 Å². The van der Waals surface area contributed by atoms with Crippen LogP contribution in [0.2, 0.25) is 0 Å². The molecule has 54 heavy (non-hydrogen) atoms. The molecule has 1 aliphatic heterocycles. The zero-order chi connectivity index (χ0) is 38.6. The molecule has 6 rings (SSSR count). The minimum atomic E-state index is -4.50. The molecule has 0 aromatic heterocycles. The van der Waals surface area contributed by atoms with Crippen LogP contribution in [0.5, 0.6) is 0 Å². The van der Waals surface area contributed by atoms with Crippen molar-refractivity contribution in [2.75, 3.05) is 13.1 Å². The van der Waals surface area contributed by atoms with Crippen molar-refractivity contribution in [1.29, 1.82) is 0 Å². The average Bonchev–Trinajstić information content (AvgIpc) is 3.65. The number of hydrogen-bond acceptors (Lipinski definition) is 5. The number of alkyl halides is 3. The maximum atomic E-state index is 14.4. The molecule has 0 saturated carbocycles. The number of halogens is 3. The van der Waals surface area contributed by atoms with Gasteiger partial charge in [0.2, 0.25) is 10.0 Å². The summed E-state index contributed by atoms with van der Waals surface area (Å²) in [4.78, 5) is 40.1. The van der Waals surface area contributed by atoms with Gasteiger partial charge in [0.25, 0.3) is 5.91 Å². The first-order valence-corrected chi connectivity index (χ1v) is 18.5. The summed E-state index contributed by atoms with van der Waals surface area (Å²) in [6.45, 7) is -0.281. The fourth-order valence-electron chi connectivity index (χ4n) is 6.72. The third kappa shape index (κ3) is 8.22. The summed E-state index contributed by atoms with van der Waals surface area (Å²) < 4.78 is 68.4. The van der Waals surface area contributed by atoms with Crippen molar-refractivity contribution in [3.8, 4) is 22.3 Å². The first-order valence-electron chi connectivity index (χ1n) is 17.0. The number of sulfonamides is 1. The van der Waals surface area contributed by atoms with Crippen molar-refractivity contribution < 1.29 is 46.2 Å². The summed E-state index contributed by atoms with van der Waals surface area (Å²) in [6.07, 6.45) is -3.94. The van der Waals surface area contributed by atoms with Crippen LogP contribution in [-0.2, 0) is 27.4 Å². The molecule has 5 aromatic rings. The number of aliphatic carboxylic acids is 1. The Kier molecular flexibility index (Phi) is 11.0. The van der Waals surface area contributed by atoms with Crippen LogP contribution < -0.4 is 0 Å². The van der Waals surface area contributed by atoms with Gasteiger partial charge >= 0.3 is 18.1 Å². The number of benzene rings is 5. The van der Waals surface area contributed by atoms with Crippen LogP contribution in [0.4, 0.5) is 13.2 Å². The summed E-state index contributed by atoms with van der Waals surface area (Å²) >= 11 is 0. The molecular weight excluding hydrogens is 722 g/mol. The van der Waals surface area contributed by atoms with Gasteiger partial charge in [-0.05, 0) is 77.1 Å². The lowest BCUT2D eigenvalue weighted by molar-refractivity contribution is -0.142. The highest BCUT2D eigenvalue weighted by atomic mass is 32.2. The lowest BCUT2D eigenvalue weighted by atomic mass is 9.98. The largest absolute Gasteiger partial charge is 0.480 e. The molecule has 2 N–H and O–H groups in total. The van der Waals surface area contributed by atoms with Crippen molar-refractivity contribution in [2.24, 2.45) is 0 Å². The fourth-order valence-corrected chi connectivity index (χ4v) is 8.59. The van der Waals surface area contributed by atoms with Gasteiger partial charge in [0.15, 0.2) is 0 Å². The number of hydrogen-bond donors (Lipinski definition) is 2. The molecule has 1 amide bonds. The van der Waals surface area contributed by atoms with Crippen LogP contribution in [-0.4, -0.2) is 70.9 Å². The van der Waals surface area contributed by atoms with Crippen molar-refractivity contribution in [3.05, 3.63) is 150 Å². The standard InChI is InChI=1S/C41H35F3N2O7S/c42-41(43,44)33-22-20-31(21-23-33)30-16-18-32(19-17-30)38(47)45(36(40(50)51)25-27-12-14-29(15-13-27)28-7-2-1-3-8-28)26-34-9-6-24-46(34)54(52,53)37-11-5-4-10-35(37)39(48)49/h1-5,7-8,10-23,34,36H,6,9,24-26H2,(H,48,49)(H,50,51)/t34-,36?/m0/s1. The fraction of sp³-hybridized carbons (Fsp3) is 0.195. The van der Waals surface area contributed by atoms with Crippen LogP contribution in [0.25, 0.3) is 22.3 Å². The molecule has 0 spiro atoms. The number of carbonyl (C=O) groups is 3. The molecule has 1 aliphatic rings. The highest BCUT2D eigenvalue weighted by Crippen LogP contribution is 2.33. The molecule has 1 fully saturated rings. The Bertz CT molecular complexity index is 2250. The van der Waals surface area contributed by atoms with Crippen molar-refractivity contribution in [3.63, 3.8) is 0 Å². The zero-order valence-corrected chi connectivity index (χ0v) is 29.5. The number of carboxylic acid groups (broad SMARTS) is 2. The average molecular weight is 757 g/mol. The summed E-state index contributed by atoms with van der Waals surface area (Å²) in [7, 11) is -4.39. The van der Waals surface area contributed by atoms with E-state index in [1.165, 1.54) is 48.5 Å². The molecule has 1 unspecified atom stereocenters. The van der Waals surface area contributed by atoms with E-state index in [-0.39, 0.29) is 31.5 Å². The molecule has 9 nitrogen and oxygen atoms in total. The second-order valence-electron chi connectivity index (χ2n) is 12.9. The molecule has 0 bridgehead atoms. The zero-order valence-electron chi connectivity index (χ0n) is 28.7. The Morgan fingerprint density at radius 1 is 0.741 bits per heavy atom. The summed E-state index contributed by atoms with van der Waals surface area (Å²) in [5, 5.41) is 20.3. The second-order valence-corrected chi connectivity index (χ2v) is 14.8. The van der Waals surface area contributed by atoms with E-state index in [1.807, 2.05) is 42.5 Å². The second kappa shape index (κ2) is 15.7. The van der Waals surface area contributed by atoms with Gasteiger partial charge in [-0.25, -0.2) is 18.0 Å². The van der Waals surface area contributed by atoms with Gasteiger partial charge < -0.3 is 15.1 Å². The van der Waals surface area contributed by atoms with Gasteiger partial charge in [-0.15, -0.1) is 0 Å². The van der Waals surface area contributed by atoms with E-state index >= 15 is 0 Å². The van der Waals surface area contributed by atoms with Crippen LogP contribution in [0.1, 0.15) is 44.7 Å². The summed E-state index contributed by atoms with van der Waals surface area (Å²) in [6, 6.07) is 30.2. The molecule has 278 valence electrons. The maximum absolute atomic E-state index is 14.4. The lowest BCUT2D eigenvalue weighted by Gasteiger charge is -2.34. The van der Waals surface area contributed by atoms with Crippen molar-refractivity contribution >= 4 is 27.9 Å². The Hall–Kier alpha value is -5.79. The summed E-state index contributed by atoms with van der Waals surface area (Å²) in [5.74, 6) is -3.44. The first-order chi connectivity index (χ1) is 25.7. The van der Waals surface area contributed by atoms with Crippen molar-refractivity contribution in [1.82, 2.24) is 9.21 Å². The summed E-state index contributed by atoms with van der Waals surface area (Å²) in [5.41, 5.74) is 2.33. The van der Waals surface area contributed by atoms with E-state index < -0.39 is 62.2 Å². The van der Waals surface area contributed by atoms with Crippen LogP contribution >= 0.6 is 0 Å². The smallest absolute Gasteiger partial charge is 0.416 e. The topological polar surface area (TPSA) is 132 Å². The quantitative estimate of drug-likeness (QED) is 0.133. The van der Waals surface area contributed by atoms with E-state index in [2.05, 4.69) is 0 Å². The van der Waals surface area contributed by atoms with Crippen LogP contribution in [0, 0.1) is 0 Å². The number of carbonyl (C=O) groups excluding carboxylic acids is 1. The number of nitrogens with zero attached hydrogens (tertiary/aromatic N) is 2. The number of amides is 1. The van der Waals surface area contributed by atoms with E-state index in [1.54, 1.807) is 24.3 Å². The van der Waals surface area contributed by atoms with Gasteiger partial charge in [0.05, 0.1) is 16.0 Å². The number of rotatable bonds is 12. The van der Waals surface area contributed by atoms with Gasteiger partial charge in [-0.2, -0.15) is 17.5 Å². The molecule has 0 aliphatic carbocycles. The van der Waals surface area contributed by atoms with E-state index in [4.69, 9.17) is 0 Å². The minimum absolute atomic E-state index is 0.0312. The van der Waals surface area contributed by atoms with E-state index in [9.17, 15) is 46.2 Å². The predicted octanol–water partition coefficient (Wildman–Crippen LogP) is 7.73. The molecule has 5 aromatic carbocycles.